The molecular weight excluding hydrogens is 226 g/mol. The lowest BCUT2D eigenvalue weighted by atomic mass is 10.2. The SMILES string of the molecule is CC(C)(C)OCCCCOC(=O)NCC(=O)O. The predicted molar refractivity (Wildman–Crippen MR) is 61.9 cm³/mol. The Morgan fingerprint density at radius 2 is 1.76 bits per heavy atom. The number of unbranched alkanes of at least 4 members (excludes halogenated alkanes) is 1. The summed E-state index contributed by atoms with van der Waals surface area (Å²) in [5.41, 5.74) is -0.153. The number of carbonyl (C=O) groups excluding carboxylic acids is 1. The van der Waals surface area contributed by atoms with Gasteiger partial charge in [0.25, 0.3) is 0 Å². The summed E-state index contributed by atoms with van der Waals surface area (Å²) in [6.07, 6.45) is 0.782. The lowest BCUT2D eigenvalue weighted by molar-refractivity contribution is -0.135. The number of aliphatic carboxylic acids is 1. The van der Waals surface area contributed by atoms with E-state index in [4.69, 9.17) is 14.6 Å². The highest BCUT2D eigenvalue weighted by Gasteiger charge is 2.09. The van der Waals surface area contributed by atoms with Crippen molar-refractivity contribution in [2.24, 2.45) is 0 Å². The second kappa shape index (κ2) is 7.89. The van der Waals surface area contributed by atoms with Crippen LogP contribution in [0, 0.1) is 0 Å². The van der Waals surface area contributed by atoms with Crippen LogP contribution in [0.1, 0.15) is 33.6 Å². The average Bonchev–Trinajstić information content (AvgIpc) is 2.18. The quantitative estimate of drug-likeness (QED) is 0.664. The number of alkyl carbamates (subject to hydrolysis) is 1. The first-order valence-corrected chi connectivity index (χ1v) is 5.57. The van der Waals surface area contributed by atoms with Gasteiger partial charge in [-0.1, -0.05) is 0 Å². The van der Waals surface area contributed by atoms with Crippen molar-refractivity contribution in [2.75, 3.05) is 19.8 Å². The number of carboxylic acids is 1. The minimum Gasteiger partial charge on any atom is -0.480 e. The Morgan fingerprint density at radius 1 is 1.18 bits per heavy atom. The molecule has 0 heterocycles. The van der Waals surface area contributed by atoms with Crippen LogP contribution in [0.15, 0.2) is 0 Å². The molecule has 0 unspecified atom stereocenters. The number of carboxylic acid groups (broad SMARTS) is 1. The van der Waals surface area contributed by atoms with E-state index in [-0.39, 0.29) is 12.2 Å². The summed E-state index contributed by atoms with van der Waals surface area (Å²) >= 11 is 0. The van der Waals surface area contributed by atoms with E-state index in [1.165, 1.54) is 0 Å². The molecule has 0 aromatic rings. The zero-order valence-electron chi connectivity index (χ0n) is 10.6. The average molecular weight is 247 g/mol. The number of rotatable bonds is 7. The van der Waals surface area contributed by atoms with Crippen LogP contribution in [0.3, 0.4) is 0 Å². The molecule has 6 nitrogen and oxygen atoms in total. The molecule has 0 aliphatic rings. The van der Waals surface area contributed by atoms with E-state index in [1.807, 2.05) is 20.8 Å². The standard InChI is InChI=1S/C11H21NO5/c1-11(2,3)17-7-5-4-6-16-10(15)12-8-9(13)14/h4-8H2,1-3H3,(H,12,15)(H,13,14). The van der Waals surface area contributed by atoms with Gasteiger partial charge in [-0.2, -0.15) is 0 Å². The maximum atomic E-state index is 10.9. The number of amides is 1. The molecule has 0 rings (SSSR count). The maximum Gasteiger partial charge on any atom is 0.407 e. The summed E-state index contributed by atoms with van der Waals surface area (Å²) in [7, 11) is 0. The van der Waals surface area contributed by atoms with Gasteiger partial charge in [0.1, 0.15) is 6.54 Å². The molecule has 0 saturated carbocycles. The number of hydrogen-bond acceptors (Lipinski definition) is 4. The van der Waals surface area contributed by atoms with Crippen molar-refractivity contribution in [3.63, 3.8) is 0 Å². The number of nitrogens with one attached hydrogen (secondary N) is 1. The molecule has 100 valence electrons. The summed E-state index contributed by atoms with van der Waals surface area (Å²) in [5.74, 6) is -1.10. The van der Waals surface area contributed by atoms with Gasteiger partial charge in [0.2, 0.25) is 0 Å². The van der Waals surface area contributed by atoms with Gasteiger partial charge in [0.15, 0.2) is 0 Å². The van der Waals surface area contributed by atoms with E-state index in [2.05, 4.69) is 5.32 Å². The molecule has 0 aliphatic heterocycles. The summed E-state index contributed by atoms with van der Waals surface area (Å²) in [4.78, 5) is 21.0. The van der Waals surface area contributed by atoms with Crippen molar-refractivity contribution in [3.05, 3.63) is 0 Å². The Balaban J connectivity index is 3.34. The highest BCUT2D eigenvalue weighted by molar-refractivity contribution is 5.76. The molecule has 2 N–H and O–H groups in total. The van der Waals surface area contributed by atoms with Crippen LogP contribution in [0.25, 0.3) is 0 Å². The lowest BCUT2D eigenvalue weighted by Gasteiger charge is -2.19. The molecule has 0 atom stereocenters. The molecular formula is C11H21NO5. The zero-order chi connectivity index (χ0) is 13.3. The van der Waals surface area contributed by atoms with E-state index >= 15 is 0 Å². The predicted octanol–water partition coefficient (Wildman–Crippen LogP) is 1.39. The number of carbonyl (C=O) groups is 2. The topological polar surface area (TPSA) is 84.9 Å². The third-order valence-electron chi connectivity index (χ3n) is 1.69. The van der Waals surface area contributed by atoms with Crippen LogP contribution < -0.4 is 5.32 Å². The van der Waals surface area contributed by atoms with Crippen LogP contribution in [-0.4, -0.2) is 42.5 Å². The molecule has 0 aromatic carbocycles. The summed E-state index contributed by atoms with van der Waals surface area (Å²) < 4.78 is 10.2. The van der Waals surface area contributed by atoms with E-state index in [0.29, 0.717) is 13.0 Å². The molecule has 0 bridgehead atoms. The zero-order valence-corrected chi connectivity index (χ0v) is 10.6. The highest BCUT2D eigenvalue weighted by atomic mass is 16.5. The van der Waals surface area contributed by atoms with Gasteiger partial charge in [0.05, 0.1) is 12.2 Å². The van der Waals surface area contributed by atoms with Crippen LogP contribution in [0.2, 0.25) is 0 Å². The first kappa shape index (κ1) is 15.7. The van der Waals surface area contributed by atoms with Gasteiger partial charge < -0.3 is 19.9 Å². The molecule has 0 spiro atoms. The van der Waals surface area contributed by atoms with Gasteiger partial charge in [-0.3, -0.25) is 4.79 Å². The Labute approximate surface area is 101 Å². The normalized spacial score (nSPS) is 11.0. The van der Waals surface area contributed by atoms with Crippen molar-refractivity contribution < 1.29 is 24.2 Å². The minimum absolute atomic E-state index is 0.153. The Hall–Kier alpha value is -1.30. The van der Waals surface area contributed by atoms with Crippen molar-refractivity contribution in [3.8, 4) is 0 Å². The number of hydrogen-bond donors (Lipinski definition) is 2. The Kier molecular flexibility index (Phi) is 7.29. The molecule has 1 amide bonds. The van der Waals surface area contributed by atoms with Crippen molar-refractivity contribution in [2.45, 2.75) is 39.2 Å². The fourth-order valence-electron chi connectivity index (χ4n) is 0.946. The maximum absolute atomic E-state index is 10.9. The smallest absolute Gasteiger partial charge is 0.407 e. The van der Waals surface area contributed by atoms with E-state index < -0.39 is 18.6 Å². The molecule has 0 radical (unpaired) electrons. The first-order chi connectivity index (χ1) is 7.81. The highest BCUT2D eigenvalue weighted by Crippen LogP contribution is 2.07. The second-order valence-corrected chi connectivity index (χ2v) is 4.55. The van der Waals surface area contributed by atoms with Crippen molar-refractivity contribution in [1.29, 1.82) is 0 Å². The summed E-state index contributed by atoms with van der Waals surface area (Å²) in [5, 5.41) is 10.4. The van der Waals surface area contributed by atoms with E-state index in [9.17, 15) is 9.59 Å². The van der Waals surface area contributed by atoms with Crippen LogP contribution >= 0.6 is 0 Å². The third-order valence-corrected chi connectivity index (χ3v) is 1.69. The van der Waals surface area contributed by atoms with Gasteiger partial charge in [0, 0.05) is 6.61 Å². The van der Waals surface area contributed by atoms with Gasteiger partial charge >= 0.3 is 12.1 Å². The molecule has 0 aliphatic carbocycles. The summed E-state index contributed by atoms with van der Waals surface area (Å²) in [6, 6.07) is 0. The van der Waals surface area contributed by atoms with Gasteiger partial charge in [-0.25, -0.2) is 4.79 Å². The number of ether oxygens (including phenoxy) is 2. The molecule has 17 heavy (non-hydrogen) atoms. The van der Waals surface area contributed by atoms with Crippen LogP contribution in [-0.2, 0) is 14.3 Å². The molecule has 0 fully saturated rings. The third kappa shape index (κ3) is 12.6. The second-order valence-electron chi connectivity index (χ2n) is 4.55. The van der Waals surface area contributed by atoms with Crippen molar-refractivity contribution >= 4 is 12.1 Å². The monoisotopic (exact) mass is 247 g/mol. The minimum atomic E-state index is -1.10. The van der Waals surface area contributed by atoms with Crippen LogP contribution in [0.4, 0.5) is 4.79 Å². The molecule has 0 saturated heterocycles. The van der Waals surface area contributed by atoms with E-state index in [1.54, 1.807) is 0 Å². The van der Waals surface area contributed by atoms with Gasteiger partial charge in [-0.05, 0) is 33.6 Å². The van der Waals surface area contributed by atoms with Crippen molar-refractivity contribution in [1.82, 2.24) is 5.32 Å². The Morgan fingerprint density at radius 3 is 2.29 bits per heavy atom. The molecule has 0 aromatic heterocycles. The fraction of sp³-hybridized carbons (Fsp3) is 0.818. The largest absolute Gasteiger partial charge is 0.480 e. The fourth-order valence-corrected chi connectivity index (χ4v) is 0.946. The summed E-state index contributed by atoms with van der Waals surface area (Å²) in [6.45, 7) is 6.38. The van der Waals surface area contributed by atoms with Crippen LogP contribution in [0.5, 0.6) is 0 Å². The van der Waals surface area contributed by atoms with Gasteiger partial charge in [-0.15, -0.1) is 0 Å². The Bertz CT molecular complexity index is 247. The lowest BCUT2D eigenvalue weighted by Crippen LogP contribution is -2.30. The molecule has 6 heteroatoms. The van der Waals surface area contributed by atoms with E-state index in [0.717, 1.165) is 6.42 Å². The first-order valence-electron chi connectivity index (χ1n) is 5.57.